The Kier molecular flexibility index (Phi) is 3.28. The Morgan fingerprint density at radius 3 is 2.36 bits per heavy atom. The lowest BCUT2D eigenvalue weighted by Gasteiger charge is -2.05. The summed E-state index contributed by atoms with van der Waals surface area (Å²) in [6.07, 6.45) is 0. The van der Waals surface area contributed by atoms with Crippen molar-refractivity contribution in [2.24, 2.45) is 0 Å². The van der Waals surface area contributed by atoms with E-state index in [2.05, 4.69) is 26.8 Å². The molecule has 1 aromatic carbocycles. The maximum absolute atomic E-state index is 10.0. The van der Waals surface area contributed by atoms with Crippen LogP contribution in [0.25, 0.3) is 0 Å². The number of rotatable bonds is 2. The lowest BCUT2D eigenvalue weighted by Crippen LogP contribution is -1.97. The minimum absolute atomic E-state index is 0.332. The molecule has 3 nitrogen and oxygen atoms in total. The summed E-state index contributed by atoms with van der Waals surface area (Å²) in [4.78, 5) is 0. The maximum Gasteiger partial charge on any atom is 0.139 e. The van der Waals surface area contributed by atoms with Crippen LogP contribution in [0.2, 0.25) is 0 Å². The molecule has 0 saturated heterocycles. The van der Waals surface area contributed by atoms with Gasteiger partial charge in [-0.2, -0.15) is 0 Å². The fourth-order valence-electron chi connectivity index (χ4n) is 0.569. The molecule has 0 aliphatic rings. The highest BCUT2D eigenvalue weighted by Crippen LogP contribution is 2.13. The molecule has 0 aromatic heterocycles. The molecule has 1 unspecified atom stereocenters. The smallest absolute Gasteiger partial charge is 0.139 e. The van der Waals surface area contributed by atoms with Crippen LogP contribution in [0.1, 0.15) is 0 Å². The van der Waals surface area contributed by atoms with Gasteiger partial charge in [-0.3, -0.25) is 0 Å². The Morgan fingerprint density at radius 1 is 1.36 bits per heavy atom. The van der Waals surface area contributed by atoms with Gasteiger partial charge in [0.1, 0.15) is 17.1 Å². The van der Waals surface area contributed by atoms with Crippen molar-refractivity contribution in [1.82, 2.24) is 0 Å². The fraction of sp³-hybridized carbons (Fsp3) is 0. The number of hydrogen-bond acceptors (Lipinski definition) is 3. The van der Waals surface area contributed by atoms with Crippen molar-refractivity contribution in [3.05, 3.63) is 27.8 Å². The van der Waals surface area contributed by atoms with E-state index in [1.165, 1.54) is 0 Å². The van der Waals surface area contributed by atoms with E-state index in [1.54, 1.807) is 24.3 Å². The average molecular weight is 283 g/mol. The standard InChI is InChI=1S/C6H5IO3S/c7-5-1-3-6(4-2-5)10-11(8)9/h1-4H,(H,8,9)/p-1. The van der Waals surface area contributed by atoms with Crippen molar-refractivity contribution in [1.29, 1.82) is 0 Å². The van der Waals surface area contributed by atoms with Crippen molar-refractivity contribution in [2.45, 2.75) is 0 Å². The van der Waals surface area contributed by atoms with E-state index >= 15 is 0 Å². The molecule has 0 aliphatic carbocycles. The Balaban J connectivity index is 2.74. The van der Waals surface area contributed by atoms with E-state index in [9.17, 15) is 8.76 Å². The van der Waals surface area contributed by atoms with Gasteiger partial charge in [-0.1, -0.05) is 0 Å². The average Bonchev–Trinajstić information content (AvgIpc) is 1.93. The van der Waals surface area contributed by atoms with Crippen LogP contribution in [0.3, 0.4) is 0 Å². The van der Waals surface area contributed by atoms with E-state index in [-0.39, 0.29) is 0 Å². The zero-order valence-electron chi connectivity index (χ0n) is 5.32. The van der Waals surface area contributed by atoms with Gasteiger partial charge >= 0.3 is 0 Å². The van der Waals surface area contributed by atoms with Gasteiger partial charge in [-0.05, 0) is 46.9 Å². The van der Waals surface area contributed by atoms with Crippen LogP contribution in [-0.2, 0) is 11.4 Å². The molecule has 5 heteroatoms. The van der Waals surface area contributed by atoms with Gasteiger partial charge in [-0.15, -0.1) is 0 Å². The van der Waals surface area contributed by atoms with E-state index in [0.29, 0.717) is 5.75 Å². The molecule has 0 radical (unpaired) electrons. The molecule has 0 bridgehead atoms. The van der Waals surface area contributed by atoms with E-state index in [1.807, 2.05) is 0 Å². The lowest BCUT2D eigenvalue weighted by molar-refractivity contribution is 0.440. The first kappa shape index (κ1) is 8.95. The van der Waals surface area contributed by atoms with Gasteiger partial charge in [0, 0.05) is 3.57 Å². The summed E-state index contributed by atoms with van der Waals surface area (Å²) in [7, 11) is 0. The van der Waals surface area contributed by atoms with Gasteiger partial charge in [0.2, 0.25) is 0 Å². The molecule has 1 rings (SSSR count). The van der Waals surface area contributed by atoms with Crippen LogP contribution in [0.4, 0.5) is 0 Å². The van der Waals surface area contributed by atoms with Gasteiger partial charge in [-0.25, -0.2) is 4.21 Å². The maximum atomic E-state index is 10.0. The normalized spacial score (nSPS) is 12.5. The lowest BCUT2D eigenvalue weighted by atomic mass is 10.3. The minimum Gasteiger partial charge on any atom is -0.740 e. The topological polar surface area (TPSA) is 49.4 Å². The van der Waals surface area contributed by atoms with Crippen molar-refractivity contribution in [2.75, 3.05) is 0 Å². The van der Waals surface area contributed by atoms with Crippen LogP contribution in [0, 0.1) is 3.57 Å². The largest absolute Gasteiger partial charge is 0.740 e. The van der Waals surface area contributed by atoms with Crippen molar-refractivity contribution < 1.29 is 12.9 Å². The molecule has 1 atom stereocenters. The third-order valence-corrected chi connectivity index (χ3v) is 2.03. The summed E-state index contributed by atoms with van der Waals surface area (Å²) in [5.74, 6) is 0.332. The second-order valence-corrected chi connectivity index (χ2v) is 3.56. The molecule has 11 heavy (non-hydrogen) atoms. The summed E-state index contributed by atoms with van der Waals surface area (Å²) in [6.45, 7) is 0. The third-order valence-electron chi connectivity index (χ3n) is 0.978. The third kappa shape index (κ3) is 3.17. The number of hydrogen-bond donors (Lipinski definition) is 0. The predicted molar refractivity (Wildman–Crippen MR) is 48.7 cm³/mol. The first-order valence-corrected chi connectivity index (χ1v) is 4.79. The Morgan fingerprint density at radius 2 is 1.91 bits per heavy atom. The SMILES string of the molecule is O=S([O-])Oc1ccc(I)cc1. The van der Waals surface area contributed by atoms with Crippen LogP contribution in [0.15, 0.2) is 24.3 Å². The van der Waals surface area contributed by atoms with Crippen molar-refractivity contribution in [3.63, 3.8) is 0 Å². The summed E-state index contributed by atoms with van der Waals surface area (Å²) >= 11 is -0.355. The quantitative estimate of drug-likeness (QED) is 0.610. The van der Waals surface area contributed by atoms with Crippen LogP contribution in [-0.4, -0.2) is 8.76 Å². The molecule has 0 saturated carbocycles. The highest BCUT2D eigenvalue weighted by Gasteiger charge is 1.91. The summed E-state index contributed by atoms with van der Waals surface area (Å²) in [5, 5.41) is 0. The minimum atomic E-state index is -2.48. The molecule has 0 spiro atoms. The van der Waals surface area contributed by atoms with E-state index < -0.39 is 11.4 Å². The van der Waals surface area contributed by atoms with Crippen molar-refractivity contribution in [3.8, 4) is 5.75 Å². The monoisotopic (exact) mass is 283 g/mol. The molecule has 0 fully saturated rings. The van der Waals surface area contributed by atoms with Crippen molar-refractivity contribution >= 4 is 34.0 Å². The Hall–Kier alpha value is -0.140. The zero-order valence-corrected chi connectivity index (χ0v) is 8.29. The first-order valence-electron chi connectivity index (χ1n) is 2.71. The summed E-state index contributed by atoms with van der Waals surface area (Å²) < 4.78 is 25.5. The molecule has 0 aliphatic heterocycles. The second kappa shape index (κ2) is 4.03. The molecular weight excluding hydrogens is 279 g/mol. The van der Waals surface area contributed by atoms with Gasteiger partial charge < -0.3 is 8.74 Å². The van der Waals surface area contributed by atoms with Gasteiger partial charge in [0.15, 0.2) is 0 Å². The second-order valence-electron chi connectivity index (χ2n) is 1.74. The highest BCUT2D eigenvalue weighted by molar-refractivity contribution is 14.1. The highest BCUT2D eigenvalue weighted by atomic mass is 127. The zero-order chi connectivity index (χ0) is 8.27. The number of halogens is 1. The Labute approximate surface area is 80.4 Å². The predicted octanol–water partition coefficient (Wildman–Crippen LogP) is 1.46. The molecule has 0 N–H and O–H groups in total. The number of benzene rings is 1. The van der Waals surface area contributed by atoms with Crippen LogP contribution in [0.5, 0.6) is 5.75 Å². The molecule has 0 amide bonds. The first-order chi connectivity index (χ1) is 5.18. The van der Waals surface area contributed by atoms with Crippen LogP contribution < -0.4 is 4.18 Å². The molecular formula is C6H4IO3S-. The van der Waals surface area contributed by atoms with Crippen LogP contribution >= 0.6 is 22.6 Å². The Bertz CT molecular complexity index is 259. The van der Waals surface area contributed by atoms with Gasteiger partial charge in [0.25, 0.3) is 0 Å². The fourth-order valence-corrected chi connectivity index (χ4v) is 1.20. The van der Waals surface area contributed by atoms with E-state index in [0.717, 1.165) is 3.57 Å². The summed E-state index contributed by atoms with van der Waals surface area (Å²) in [6, 6.07) is 6.72. The molecule has 60 valence electrons. The molecule has 1 aromatic rings. The van der Waals surface area contributed by atoms with Gasteiger partial charge in [0.05, 0.1) is 0 Å². The molecule has 0 heterocycles. The van der Waals surface area contributed by atoms with E-state index in [4.69, 9.17) is 0 Å². The summed E-state index contributed by atoms with van der Waals surface area (Å²) in [5.41, 5.74) is 0.